The van der Waals surface area contributed by atoms with E-state index in [0.717, 1.165) is 59.4 Å². The van der Waals surface area contributed by atoms with Gasteiger partial charge in [0.2, 0.25) is 0 Å². The van der Waals surface area contributed by atoms with Gasteiger partial charge in [0.25, 0.3) is 0 Å². The number of hydrogen-bond donors (Lipinski definition) is 1. The number of carbonyl (C=O) groups is 1. The molecule has 194 valence electrons. The minimum Gasteiger partial charge on any atom is -0.489 e. The Morgan fingerprint density at radius 2 is 1.97 bits per heavy atom. The van der Waals surface area contributed by atoms with Crippen molar-refractivity contribution in [3.8, 4) is 16.9 Å². The SMILES string of the molecule is CO[C@H](c1cc(COc2ccc3c(c2)[C@@]2(CCC3)C[C@@H]2C(=O)O)ccc1-c1ccnc(C)c1)C(C)(C)C. The number of benzene rings is 2. The summed E-state index contributed by atoms with van der Waals surface area (Å²) in [5.41, 5.74) is 7.60. The topological polar surface area (TPSA) is 68.7 Å². The average Bonchev–Trinajstić information content (AvgIpc) is 3.58. The summed E-state index contributed by atoms with van der Waals surface area (Å²) in [6.45, 7) is 9.01. The van der Waals surface area contributed by atoms with E-state index in [4.69, 9.17) is 9.47 Å². The second-order valence-corrected chi connectivity index (χ2v) is 11.8. The summed E-state index contributed by atoms with van der Waals surface area (Å²) >= 11 is 0. The van der Waals surface area contributed by atoms with Crippen LogP contribution < -0.4 is 4.74 Å². The Balaban J connectivity index is 1.44. The van der Waals surface area contributed by atoms with E-state index >= 15 is 0 Å². The number of ether oxygens (including phenoxy) is 2. The molecule has 1 aromatic heterocycles. The third-order valence-corrected chi connectivity index (χ3v) is 8.09. The second kappa shape index (κ2) is 9.60. The summed E-state index contributed by atoms with van der Waals surface area (Å²) in [4.78, 5) is 16.1. The molecule has 2 aromatic carbocycles. The van der Waals surface area contributed by atoms with Crippen LogP contribution in [0.5, 0.6) is 5.75 Å². The van der Waals surface area contributed by atoms with Gasteiger partial charge in [-0.1, -0.05) is 39.0 Å². The highest BCUT2D eigenvalue weighted by molar-refractivity contribution is 5.78. The summed E-state index contributed by atoms with van der Waals surface area (Å²) in [5, 5.41) is 9.64. The molecule has 37 heavy (non-hydrogen) atoms. The first-order valence-electron chi connectivity index (χ1n) is 13.2. The standard InChI is InChI=1S/C32H37NO4/c1-20-15-23(12-14-33-20)25-11-8-21(16-26(25)29(36-5)31(2,3)4)19-37-24-10-9-22-7-6-13-32(27(22)17-24)18-28(32)30(34)35/h8-12,14-17,28-29H,6-7,13,18-19H2,1-5H3,(H,34,35)/t28-,29-,32-/m1/s1. The number of carboxylic acids is 1. The van der Waals surface area contributed by atoms with Gasteiger partial charge in [-0.05, 0) is 102 Å². The Labute approximate surface area is 219 Å². The second-order valence-electron chi connectivity index (χ2n) is 11.8. The van der Waals surface area contributed by atoms with Gasteiger partial charge in [0, 0.05) is 24.4 Å². The lowest BCUT2D eigenvalue weighted by Crippen LogP contribution is -2.21. The fraction of sp³-hybridized carbons (Fsp3) is 0.438. The van der Waals surface area contributed by atoms with Crippen LogP contribution >= 0.6 is 0 Å². The molecule has 5 nitrogen and oxygen atoms in total. The highest BCUT2D eigenvalue weighted by Crippen LogP contribution is 2.60. The Bertz CT molecular complexity index is 1320. The number of hydrogen-bond acceptors (Lipinski definition) is 4. The minimum absolute atomic E-state index is 0.0944. The fourth-order valence-corrected chi connectivity index (χ4v) is 6.27. The number of aryl methyl sites for hydroxylation is 2. The monoisotopic (exact) mass is 499 g/mol. The summed E-state index contributed by atoms with van der Waals surface area (Å²) in [6, 6.07) is 16.9. The third-order valence-electron chi connectivity index (χ3n) is 8.09. The summed E-state index contributed by atoms with van der Waals surface area (Å²) in [7, 11) is 1.77. The molecule has 1 heterocycles. The zero-order valence-electron chi connectivity index (χ0n) is 22.5. The van der Waals surface area contributed by atoms with Crippen molar-refractivity contribution in [2.75, 3.05) is 7.11 Å². The van der Waals surface area contributed by atoms with E-state index in [2.05, 4.69) is 62.2 Å². The van der Waals surface area contributed by atoms with Gasteiger partial charge in [-0.2, -0.15) is 0 Å². The highest BCUT2D eigenvalue weighted by Gasteiger charge is 2.60. The van der Waals surface area contributed by atoms with Crippen molar-refractivity contribution in [3.63, 3.8) is 0 Å². The molecule has 0 amide bonds. The third kappa shape index (κ3) is 4.89. The molecule has 0 unspecified atom stereocenters. The Morgan fingerprint density at radius 3 is 2.65 bits per heavy atom. The van der Waals surface area contributed by atoms with Crippen LogP contribution in [0, 0.1) is 18.3 Å². The van der Waals surface area contributed by atoms with Gasteiger partial charge < -0.3 is 14.6 Å². The van der Waals surface area contributed by atoms with E-state index in [0.29, 0.717) is 6.61 Å². The first-order chi connectivity index (χ1) is 17.6. The summed E-state index contributed by atoms with van der Waals surface area (Å²) in [5.74, 6) is -0.148. The number of pyridine rings is 1. The molecular formula is C32H37NO4. The first-order valence-corrected chi connectivity index (χ1v) is 13.2. The predicted molar refractivity (Wildman–Crippen MR) is 145 cm³/mol. The predicted octanol–water partition coefficient (Wildman–Crippen LogP) is 7.05. The van der Waals surface area contributed by atoms with Crippen molar-refractivity contribution >= 4 is 5.97 Å². The first kappa shape index (κ1) is 25.5. The molecule has 0 aliphatic heterocycles. The largest absolute Gasteiger partial charge is 0.489 e. The van der Waals surface area contributed by atoms with Gasteiger partial charge in [0.15, 0.2) is 0 Å². The van der Waals surface area contributed by atoms with Crippen molar-refractivity contribution < 1.29 is 19.4 Å². The Hall–Kier alpha value is -3.18. The molecule has 5 rings (SSSR count). The van der Waals surface area contributed by atoms with Crippen LogP contribution in [0.1, 0.15) is 74.1 Å². The average molecular weight is 500 g/mol. The Morgan fingerprint density at radius 1 is 1.16 bits per heavy atom. The maximum atomic E-state index is 11.7. The summed E-state index contributed by atoms with van der Waals surface area (Å²) in [6.07, 6.45) is 5.50. The molecule has 1 spiro atoms. The maximum Gasteiger partial charge on any atom is 0.307 e. The molecule has 3 atom stereocenters. The van der Waals surface area contributed by atoms with Crippen LogP contribution in [0.3, 0.4) is 0 Å². The van der Waals surface area contributed by atoms with Crippen molar-refractivity contribution in [1.82, 2.24) is 4.98 Å². The van der Waals surface area contributed by atoms with Crippen molar-refractivity contribution in [2.45, 2.75) is 71.5 Å². The minimum atomic E-state index is -0.678. The lowest BCUT2D eigenvalue weighted by atomic mass is 9.78. The van der Waals surface area contributed by atoms with Crippen molar-refractivity contribution in [3.05, 3.63) is 82.7 Å². The van der Waals surface area contributed by atoms with Crippen LogP contribution in [-0.4, -0.2) is 23.2 Å². The fourth-order valence-electron chi connectivity index (χ4n) is 6.27. The van der Waals surface area contributed by atoms with Gasteiger partial charge in [0.05, 0.1) is 12.0 Å². The molecule has 3 aromatic rings. The highest BCUT2D eigenvalue weighted by atomic mass is 16.5. The zero-order chi connectivity index (χ0) is 26.4. The lowest BCUT2D eigenvalue weighted by Gasteiger charge is -2.32. The number of rotatable bonds is 7. The molecule has 1 N–H and O–H groups in total. The Kier molecular flexibility index (Phi) is 6.61. The number of aromatic nitrogens is 1. The van der Waals surface area contributed by atoms with Gasteiger partial charge in [-0.15, -0.1) is 0 Å². The van der Waals surface area contributed by atoms with Gasteiger partial charge >= 0.3 is 5.97 Å². The number of nitrogens with zero attached hydrogens (tertiary/aromatic N) is 1. The maximum absolute atomic E-state index is 11.7. The number of aliphatic carboxylic acids is 1. The quantitative estimate of drug-likeness (QED) is 0.377. The molecule has 1 fully saturated rings. The zero-order valence-corrected chi connectivity index (χ0v) is 22.5. The van der Waals surface area contributed by atoms with Crippen LogP contribution in [0.2, 0.25) is 0 Å². The van der Waals surface area contributed by atoms with Gasteiger partial charge in [-0.25, -0.2) is 0 Å². The smallest absolute Gasteiger partial charge is 0.307 e. The molecule has 0 saturated heterocycles. The molecule has 5 heteroatoms. The molecule has 2 aliphatic carbocycles. The van der Waals surface area contributed by atoms with Gasteiger partial charge in [-0.3, -0.25) is 9.78 Å². The van der Waals surface area contributed by atoms with E-state index in [9.17, 15) is 9.90 Å². The number of methoxy groups -OCH3 is 1. The van der Waals surface area contributed by atoms with Crippen molar-refractivity contribution in [1.29, 1.82) is 0 Å². The molecule has 0 radical (unpaired) electrons. The van der Waals surface area contributed by atoms with Crippen molar-refractivity contribution in [2.24, 2.45) is 11.3 Å². The van der Waals surface area contributed by atoms with E-state index in [1.54, 1.807) is 7.11 Å². The van der Waals surface area contributed by atoms with Crippen LogP contribution in [0.4, 0.5) is 0 Å². The van der Waals surface area contributed by atoms with E-state index in [-0.39, 0.29) is 22.9 Å². The van der Waals surface area contributed by atoms with Crippen LogP contribution in [0.15, 0.2) is 54.7 Å². The van der Waals surface area contributed by atoms with E-state index in [1.165, 1.54) is 11.1 Å². The summed E-state index contributed by atoms with van der Waals surface area (Å²) < 4.78 is 12.3. The normalized spacial score (nSPS) is 21.4. The number of carboxylic acid groups (broad SMARTS) is 1. The van der Waals surface area contributed by atoms with E-state index in [1.807, 2.05) is 25.3 Å². The number of fused-ring (bicyclic) bond motifs is 2. The van der Waals surface area contributed by atoms with Crippen LogP contribution in [-0.2, 0) is 28.0 Å². The van der Waals surface area contributed by atoms with Gasteiger partial charge in [0.1, 0.15) is 12.4 Å². The lowest BCUT2D eigenvalue weighted by molar-refractivity contribution is -0.139. The van der Waals surface area contributed by atoms with Crippen LogP contribution in [0.25, 0.3) is 11.1 Å². The molecule has 2 aliphatic rings. The van der Waals surface area contributed by atoms with E-state index < -0.39 is 5.97 Å². The molecule has 1 saturated carbocycles. The molecule has 0 bridgehead atoms. The molecular weight excluding hydrogens is 462 g/mol.